The lowest BCUT2D eigenvalue weighted by Crippen LogP contribution is -2.44. The largest absolute Gasteiger partial charge is 0.315 e. The third-order valence-corrected chi connectivity index (χ3v) is 4.16. The predicted molar refractivity (Wildman–Crippen MR) is 76.6 cm³/mol. The molecule has 102 valence electrons. The van der Waals surface area contributed by atoms with Crippen LogP contribution >= 0.6 is 0 Å². The molecular weight excluding hydrogens is 238 g/mol. The summed E-state index contributed by atoms with van der Waals surface area (Å²) >= 11 is 0. The van der Waals surface area contributed by atoms with Gasteiger partial charge in [-0.25, -0.2) is 0 Å². The minimum atomic E-state index is 0.213. The number of nitrogens with one attached hydrogen (secondary N) is 1. The highest BCUT2D eigenvalue weighted by molar-refractivity contribution is 6.01. The number of carbonyl (C=O) groups is 1. The minimum absolute atomic E-state index is 0.213. The predicted octanol–water partition coefficient (Wildman–Crippen LogP) is 0.653. The molecular formula is C15H21N3O. The van der Waals surface area contributed by atoms with Crippen molar-refractivity contribution in [2.45, 2.75) is 12.8 Å². The topological polar surface area (TPSA) is 35.6 Å². The lowest BCUT2D eigenvalue weighted by molar-refractivity contribution is -0.117. The van der Waals surface area contributed by atoms with Crippen molar-refractivity contribution in [3.63, 3.8) is 0 Å². The van der Waals surface area contributed by atoms with E-state index < -0.39 is 0 Å². The Kier molecular flexibility index (Phi) is 3.53. The van der Waals surface area contributed by atoms with Crippen LogP contribution in [0.4, 0.5) is 5.69 Å². The third kappa shape index (κ3) is 2.51. The number of benzene rings is 1. The third-order valence-electron chi connectivity index (χ3n) is 4.16. The van der Waals surface area contributed by atoms with Crippen molar-refractivity contribution in [1.82, 2.24) is 10.2 Å². The number of para-hydroxylation sites is 1. The highest BCUT2D eigenvalue weighted by Crippen LogP contribution is 2.31. The first-order chi connectivity index (χ1) is 9.25. The zero-order valence-electron chi connectivity index (χ0n) is 11.5. The summed E-state index contributed by atoms with van der Waals surface area (Å²) in [6.07, 6.45) is 1.59. The summed E-state index contributed by atoms with van der Waals surface area (Å²) in [5, 5.41) is 3.37. The fourth-order valence-corrected chi connectivity index (χ4v) is 3.04. The van der Waals surface area contributed by atoms with Crippen LogP contribution in [0.1, 0.15) is 11.1 Å². The van der Waals surface area contributed by atoms with Crippen molar-refractivity contribution >= 4 is 11.6 Å². The second-order valence-corrected chi connectivity index (χ2v) is 5.40. The van der Waals surface area contributed by atoms with Gasteiger partial charge in [0, 0.05) is 39.8 Å². The molecule has 0 radical (unpaired) electrons. The van der Waals surface area contributed by atoms with Crippen LogP contribution in [0.5, 0.6) is 0 Å². The second kappa shape index (κ2) is 5.31. The number of hydrogen-bond donors (Lipinski definition) is 1. The number of amides is 1. The molecule has 0 aromatic heterocycles. The van der Waals surface area contributed by atoms with E-state index in [1.807, 2.05) is 11.9 Å². The summed E-state index contributed by atoms with van der Waals surface area (Å²) < 4.78 is 0. The van der Waals surface area contributed by atoms with Crippen molar-refractivity contribution < 1.29 is 4.79 Å². The van der Waals surface area contributed by atoms with E-state index in [9.17, 15) is 4.79 Å². The Balaban J connectivity index is 1.72. The minimum Gasteiger partial charge on any atom is -0.315 e. The molecule has 1 fully saturated rings. The lowest BCUT2D eigenvalue weighted by atomic mass is 10.0. The molecule has 0 bridgehead atoms. The average molecular weight is 259 g/mol. The number of piperazine rings is 1. The van der Waals surface area contributed by atoms with Crippen molar-refractivity contribution in [3.8, 4) is 0 Å². The number of anilines is 1. The molecule has 3 rings (SSSR count). The SMILES string of the molecule is CN1C(=O)Cc2cccc(CCN3CCNCC3)c21. The Morgan fingerprint density at radius 2 is 2.05 bits per heavy atom. The molecule has 19 heavy (non-hydrogen) atoms. The zero-order valence-corrected chi connectivity index (χ0v) is 11.5. The molecule has 0 unspecified atom stereocenters. The van der Waals surface area contributed by atoms with E-state index in [0.29, 0.717) is 6.42 Å². The van der Waals surface area contributed by atoms with E-state index in [1.165, 1.54) is 11.1 Å². The summed E-state index contributed by atoms with van der Waals surface area (Å²) in [7, 11) is 1.89. The van der Waals surface area contributed by atoms with Crippen LogP contribution < -0.4 is 10.2 Å². The van der Waals surface area contributed by atoms with E-state index >= 15 is 0 Å². The van der Waals surface area contributed by atoms with Gasteiger partial charge in [-0.1, -0.05) is 18.2 Å². The van der Waals surface area contributed by atoms with Crippen LogP contribution in [0.25, 0.3) is 0 Å². The van der Waals surface area contributed by atoms with E-state index in [4.69, 9.17) is 0 Å². The molecule has 1 aromatic rings. The van der Waals surface area contributed by atoms with Crippen LogP contribution in [-0.4, -0.2) is 50.6 Å². The van der Waals surface area contributed by atoms with Crippen LogP contribution in [0.3, 0.4) is 0 Å². The van der Waals surface area contributed by atoms with Gasteiger partial charge >= 0.3 is 0 Å². The van der Waals surface area contributed by atoms with Crippen molar-refractivity contribution in [3.05, 3.63) is 29.3 Å². The maximum atomic E-state index is 11.8. The van der Waals surface area contributed by atoms with Gasteiger partial charge in [0.2, 0.25) is 5.91 Å². The number of likely N-dealkylation sites (N-methyl/N-ethyl adjacent to an activating group) is 1. The summed E-state index contributed by atoms with van der Waals surface area (Å²) in [5.74, 6) is 0.213. The molecule has 0 atom stereocenters. The molecule has 1 amide bonds. The molecule has 0 aliphatic carbocycles. The first-order valence-corrected chi connectivity index (χ1v) is 7.06. The molecule has 0 saturated carbocycles. The number of carbonyl (C=O) groups excluding carboxylic acids is 1. The van der Waals surface area contributed by atoms with Crippen molar-refractivity contribution in [2.75, 3.05) is 44.7 Å². The molecule has 4 heteroatoms. The van der Waals surface area contributed by atoms with Crippen LogP contribution in [0.2, 0.25) is 0 Å². The maximum Gasteiger partial charge on any atom is 0.231 e. The van der Waals surface area contributed by atoms with Gasteiger partial charge in [0.1, 0.15) is 0 Å². The van der Waals surface area contributed by atoms with Crippen LogP contribution in [0, 0.1) is 0 Å². The fourth-order valence-electron chi connectivity index (χ4n) is 3.04. The molecule has 2 aliphatic rings. The van der Waals surface area contributed by atoms with Gasteiger partial charge in [-0.3, -0.25) is 4.79 Å². The monoisotopic (exact) mass is 259 g/mol. The van der Waals surface area contributed by atoms with Crippen molar-refractivity contribution in [1.29, 1.82) is 0 Å². The van der Waals surface area contributed by atoms with Crippen LogP contribution in [0.15, 0.2) is 18.2 Å². The fraction of sp³-hybridized carbons (Fsp3) is 0.533. The number of fused-ring (bicyclic) bond motifs is 1. The second-order valence-electron chi connectivity index (χ2n) is 5.40. The normalized spacial score (nSPS) is 19.8. The average Bonchev–Trinajstić information content (AvgIpc) is 2.74. The molecule has 0 spiro atoms. The molecule has 2 aliphatic heterocycles. The highest BCUT2D eigenvalue weighted by atomic mass is 16.2. The van der Waals surface area contributed by atoms with E-state index in [1.54, 1.807) is 0 Å². The summed E-state index contributed by atoms with van der Waals surface area (Å²) in [6.45, 7) is 5.52. The Labute approximate surface area is 114 Å². The number of hydrogen-bond acceptors (Lipinski definition) is 3. The van der Waals surface area contributed by atoms with E-state index in [2.05, 4.69) is 28.4 Å². The quantitative estimate of drug-likeness (QED) is 0.866. The van der Waals surface area contributed by atoms with Gasteiger partial charge in [-0.15, -0.1) is 0 Å². The summed E-state index contributed by atoms with van der Waals surface area (Å²) in [5.41, 5.74) is 3.65. The van der Waals surface area contributed by atoms with Crippen molar-refractivity contribution in [2.24, 2.45) is 0 Å². The van der Waals surface area contributed by atoms with Crippen LogP contribution in [-0.2, 0) is 17.6 Å². The maximum absolute atomic E-state index is 11.8. The Morgan fingerprint density at radius 3 is 2.84 bits per heavy atom. The molecule has 2 heterocycles. The van der Waals surface area contributed by atoms with Gasteiger partial charge in [0.05, 0.1) is 12.1 Å². The number of rotatable bonds is 3. The first-order valence-electron chi connectivity index (χ1n) is 7.06. The molecule has 1 saturated heterocycles. The molecule has 4 nitrogen and oxygen atoms in total. The van der Waals surface area contributed by atoms with Gasteiger partial charge in [0.25, 0.3) is 0 Å². The Morgan fingerprint density at radius 1 is 1.26 bits per heavy atom. The standard InChI is InChI=1S/C15H21N3O/c1-17-14(19)11-13-4-2-3-12(15(13)17)5-8-18-9-6-16-7-10-18/h2-4,16H,5-11H2,1H3. The highest BCUT2D eigenvalue weighted by Gasteiger charge is 2.26. The van der Waals surface area contributed by atoms with E-state index in [0.717, 1.165) is 44.8 Å². The number of nitrogens with zero attached hydrogens (tertiary/aromatic N) is 2. The summed E-state index contributed by atoms with van der Waals surface area (Å²) in [4.78, 5) is 16.1. The Bertz CT molecular complexity index is 480. The van der Waals surface area contributed by atoms with Gasteiger partial charge in [-0.2, -0.15) is 0 Å². The molecule has 1 N–H and O–H groups in total. The Hall–Kier alpha value is -1.39. The molecule has 1 aromatic carbocycles. The van der Waals surface area contributed by atoms with Gasteiger partial charge in [-0.05, 0) is 17.5 Å². The summed E-state index contributed by atoms with van der Waals surface area (Å²) in [6, 6.07) is 6.32. The zero-order chi connectivity index (χ0) is 13.2. The lowest BCUT2D eigenvalue weighted by Gasteiger charge is -2.27. The van der Waals surface area contributed by atoms with Gasteiger partial charge in [0.15, 0.2) is 0 Å². The van der Waals surface area contributed by atoms with Gasteiger partial charge < -0.3 is 15.1 Å². The smallest absolute Gasteiger partial charge is 0.231 e. The van der Waals surface area contributed by atoms with E-state index in [-0.39, 0.29) is 5.91 Å². The first kappa shape index (κ1) is 12.6.